The smallest absolute Gasteiger partial charge is 0.462 e. The molecule has 0 radical (unpaired) electrons. The van der Waals surface area contributed by atoms with Crippen molar-refractivity contribution in [1.82, 2.24) is 0 Å². The summed E-state index contributed by atoms with van der Waals surface area (Å²) in [5.74, 6) is -0.560. The highest BCUT2D eigenvalue weighted by Gasteiger charge is 2.30. The highest BCUT2D eigenvalue weighted by atomic mass is 31.2. The van der Waals surface area contributed by atoms with Gasteiger partial charge in [-0.2, -0.15) is 0 Å². The number of carbonyl (C=O) groups is 4. The molecule has 0 amide bonds. The summed E-state index contributed by atoms with van der Waals surface area (Å²) in [6.45, 7) is 9.59. The number of aliphatic hydroxyl groups is 1. The van der Waals surface area contributed by atoms with Crippen molar-refractivity contribution >= 4 is 39.5 Å². The first-order valence-electron chi connectivity index (χ1n) is 38.0. The van der Waals surface area contributed by atoms with E-state index < -0.39 is 97.5 Å². The molecule has 0 aliphatic heterocycles. The Hall–Kier alpha value is -1.94. The Morgan fingerprint density at radius 1 is 0.293 bits per heavy atom. The molecule has 546 valence electrons. The fraction of sp³-hybridized carbons (Fsp3) is 0.945. The molecule has 5 atom stereocenters. The van der Waals surface area contributed by atoms with Crippen molar-refractivity contribution in [2.45, 2.75) is 394 Å². The summed E-state index contributed by atoms with van der Waals surface area (Å²) >= 11 is 0. The predicted octanol–water partition coefficient (Wildman–Crippen LogP) is 21.2. The van der Waals surface area contributed by atoms with Gasteiger partial charge in [0.1, 0.15) is 19.3 Å². The van der Waals surface area contributed by atoms with E-state index in [-0.39, 0.29) is 25.7 Å². The van der Waals surface area contributed by atoms with Crippen LogP contribution in [0.15, 0.2) is 0 Å². The Morgan fingerprint density at radius 2 is 0.500 bits per heavy atom. The van der Waals surface area contributed by atoms with Crippen LogP contribution >= 0.6 is 15.6 Å². The minimum atomic E-state index is -4.95. The molecule has 0 aromatic carbocycles. The summed E-state index contributed by atoms with van der Waals surface area (Å²) in [7, 11) is -9.90. The first kappa shape index (κ1) is 90.1. The van der Waals surface area contributed by atoms with Crippen LogP contribution in [0.2, 0.25) is 0 Å². The number of aliphatic hydroxyl groups excluding tert-OH is 1. The molecule has 0 aliphatic carbocycles. The summed E-state index contributed by atoms with van der Waals surface area (Å²) in [5.41, 5.74) is 0. The second-order valence-corrected chi connectivity index (χ2v) is 30.2. The molecule has 0 spiro atoms. The van der Waals surface area contributed by atoms with Gasteiger partial charge in [-0.25, -0.2) is 9.13 Å². The maximum absolute atomic E-state index is 13.1. The summed E-state index contributed by atoms with van der Waals surface area (Å²) in [6.07, 6.45) is 51.1. The molecule has 0 rings (SSSR count). The lowest BCUT2D eigenvalue weighted by atomic mass is 10.0. The number of hydrogen-bond donors (Lipinski definition) is 3. The number of rotatable bonds is 72. The van der Waals surface area contributed by atoms with E-state index in [1.807, 2.05) is 0 Å². The minimum absolute atomic E-state index is 0.107. The molecule has 19 heteroatoms. The standard InChI is InChI=1S/C73H142O17P2/c1-7-9-11-13-15-17-19-26-33-39-45-51-57-72(77)89-68(61-83-70(75)55-49-43-37-31-18-16-14-12-10-8-2)63-87-91(79,80)85-59-67(74)60-86-92(81,82)88-64-69(62-84-71(76)56-50-44-38-32-28-23-25-30-36-42-48-54-66(5)6)90-73(78)58-52-46-40-34-27-22-20-21-24-29-35-41-47-53-65(3)4/h65-69,74H,7-64H2,1-6H3,(H,79,80)(H,81,82)/t67-,68+,69+/m0/s1. The fourth-order valence-corrected chi connectivity index (χ4v) is 12.7. The van der Waals surface area contributed by atoms with Crippen LogP contribution in [0, 0.1) is 11.8 Å². The summed E-state index contributed by atoms with van der Waals surface area (Å²) in [5, 5.41) is 10.6. The van der Waals surface area contributed by atoms with Gasteiger partial charge in [0.05, 0.1) is 26.4 Å². The van der Waals surface area contributed by atoms with Gasteiger partial charge in [-0.15, -0.1) is 0 Å². The summed E-state index contributed by atoms with van der Waals surface area (Å²) in [6, 6.07) is 0. The number of carbonyl (C=O) groups excluding carboxylic acids is 4. The van der Waals surface area contributed by atoms with Gasteiger partial charge in [-0.05, 0) is 37.5 Å². The van der Waals surface area contributed by atoms with Crippen LogP contribution in [0.25, 0.3) is 0 Å². The molecule has 0 saturated carbocycles. The number of esters is 4. The Morgan fingerprint density at radius 3 is 0.739 bits per heavy atom. The zero-order valence-corrected chi connectivity index (χ0v) is 61.6. The van der Waals surface area contributed by atoms with E-state index in [0.717, 1.165) is 102 Å². The molecule has 0 aromatic rings. The van der Waals surface area contributed by atoms with Crippen LogP contribution in [-0.4, -0.2) is 96.7 Å². The number of hydrogen-bond acceptors (Lipinski definition) is 15. The number of unbranched alkanes of at least 4 members (excludes halogenated alkanes) is 42. The molecular formula is C73H142O17P2. The first-order chi connectivity index (χ1) is 44.4. The molecule has 0 aliphatic rings. The van der Waals surface area contributed by atoms with Gasteiger partial charge in [0, 0.05) is 25.7 Å². The van der Waals surface area contributed by atoms with E-state index in [1.54, 1.807) is 0 Å². The average Bonchev–Trinajstić information content (AvgIpc) is 3.34. The normalized spacial score (nSPS) is 14.1. The van der Waals surface area contributed by atoms with E-state index >= 15 is 0 Å². The third kappa shape index (κ3) is 66.7. The number of phosphoric ester groups is 2. The minimum Gasteiger partial charge on any atom is -0.462 e. The van der Waals surface area contributed by atoms with Crippen molar-refractivity contribution in [3.8, 4) is 0 Å². The molecule has 2 unspecified atom stereocenters. The Balaban J connectivity index is 5.25. The van der Waals surface area contributed by atoms with Gasteiger partial charge in [0.25, 0.3) is 0 Å². The zero-order chi connectivity index (χ0) is 67.9. The molecule has 0 heterocycles. The molecule has 0 saturated heterocycles. The average molecular weight is 1350 g/mol. The van der Waals surface area contributed by atoms with Gasteiger partial charge >= 0.3 is 39.5 Å². The van der Waals surface area contributed by atoms with Crippen LogP contribution in [0.1, 0.15) is 375 Å². The van der Waals surface area contributed by atoms with Gasteiger partial charge < -0.3 is 33.8 Å². The van der Waals surface area contributed by atoms with Crippen LogP contribution in [-0.2, 0) is 65.4 Å². The van der Waals surface area contributed by atoms with Crippen molar-refractivity contribution in [3.05, 3.63) is 0 Å². The maximum atomic E-state index is 13.1. The van der Waals surface area contributed by atoms with Gasteiger partial charge in [0.2, 0.25) is 0 Å². The molecule has 0 bridgehead atoms. The van der Waals surface area contributed by atoms with E-state index in [1.165, 1.54) is 193 Å². The predicted molar refractivity (Wildman–Crippen MR) is 372 cm³/mol. The lowest BCUT2D eigenvalue weighted by Crippen LogP contribution is -2.30. The van der Waals surface area contributed by atoms with E-state index in [4.69, 9.17) is 37.0 Å². The lowest BCUT2D eigenvalue weighted by molar-refractivity contribution is -0.161. The summed E-state index contributed by atoms with van der Waals surface area (Å²) < 4.78 is 68.4. The molecule has 0 fully saturated rings. The van der Waals surface area contributed by atoms with Gasteiger partial charge in [-0.1, -0.05) is 324 Å². The van der Waals surface area contributed by atoms with Crippen molar-refractivity contribution < 1.29 is 80.2 Å². The van der Waals surface area contributed by atoms with Crippen LogP contribution in [0.5, 0.6) is 0 Å². The van der Waals surface area contributed by atoms with Crippen molar-refractivity contribution in [3.63, 3.8) is 0 Å². The number of phosphoric acid groups is 2. The maximum Gasteiger partial charge on any atom is 0.472 e. The van der Waals surface area contributed by atoms with E-state index in [0.29, 0.717) is 25.7 Å². The Bertz CT molecular complexity index is 1790. The topological polar surface area (TPSA) is 237 Å². The van der Waals surface area contributed by atoms with Crippen molar-refractivity contribution in [2.24, 2.45) is 11.8 Å². The lowest BCUT2D eigenvalue weighted by Gasteiger charge is -2.21. The van der Waals surface area contributed by atoms with E-state index in [9.17, 15) is 43.2 Å². The van der Waals surface area contributed by atoms with E-state index in [2.05, 4.69) is 41.5 Å². The van der Waals surface area contributed by atoms with Gasteiger partial charge in [0.15, 0.2) is 12.2 Å². The first-order valence-corrected chi connectivity index (χ1v) is 41.0. The second-order valence-electron chi connectivity index (χ2n) is 27.3. The summed E-state index contributed by atoms with van der Waals surface area (Å²) in [4.78, 5) is 72.7. The highest BCUT2D eigenvalue weighted by Crippen LogP contribution is 2.45. The van der Waals surface area contributed by atoms with Crippen LogP contribution < -0.4 is 0 Å². The third-order valence-electron chi connectivity index (χ3n) is 17.0. The third-order valence-corrected chi connectivity index (χ3v) is 18.9. The van der Waals surface area contributed by atoms with Crippen LogP contribution in [0.4, 0.5) is 0 Å². The molecule has 0 aromatic heterocycles. The quantitative estimate of drug-likeness (QED) is 0.0222. The SMILES string of the molecule is CCCCCCCCCCCCCCC(=O)O[C@H](COC(=O)CCCCCCCCCCCC)COP(=O)(O)OC[C@H](O)COP(=O)(O)OC[C@@H](COC(=O)CCCCCCCCCCCCCC(C)C)OC(=O)CCCCCCCCCCCCCCCC(C)C. The van der Waals surface area contributed by atoms with Crippen LogP contribution in [0.3, 0.4) is 0 Å². The number of ether oxygens (including phenoxy) is 4. The molecule has 3 N–H and O–H groups in total. The largest absolute Gasteiger partial charge is 0.472 e. The Kier molecular flexibility index (Phi) is 63.7. The zero-order valence-electron chi connectivity index (χ0n) is 59.9. The fourth-order valence-electron chi connectivity index (χ4n) is 11.1. The molecule has 92 heavy (non-hydrogen) atoms. The molecular weight excluding hydrogens is 1210 g/mol. The highest BCUT2D eigenvalue weighted by molar-refractivity contribution is 7.47. The van der Waals surface area contributed by atoms with Crippen molar-refractivity contribution in [1.29, 1.82) is 0 Å². The van der Waals surface area contributed by atoms with Gasteiger partial charge in [-0.3, -0.25) is 37.3 Å². The second kappa shape index (κ2) is 65.0. The Labute approximate surface area is 562 Å². The monoisotopic (exact) mass is 1350 g/mol. The van der Waals surface area contributed by atoms with Crippen molar-refractivity contribution in [2.75, 3.05) is 39.6 Å². The molecule has 17 nitrogen and oxygen atoms in total.